The van der Waals surface area contributed by atoms with Gasteiger partial charge >= 0.3 is 0 Å². The number of hydrogen-bond acceptors (Lipinski definition) is 4. The smallest absolute Gasteiger partial charge is 0.235 e. The maximum Gasteiger partial charge on any atom is 0.235 e. The lowest BCUT2D eigenvalue weighted by atomic mass is 10.1. The number of nitrogens with zero attached hydrogens (tertiary/aromatic N) is 1. The highest BCUT2D eigenvalue weighted by Crippen LogP contribution is 2.35. The van der Waals surface area contributed by atoms with Crippen LogP contribution in [-0.4, -0.2) is 12.3 Å². The van der Waals surface area contributed by atoms with Gasteiger partial charge in [0.05, 0.1) is 10.6 Å². The van der Waals surface area contributed by atoms with Gasteiger partial charge in [-0.05, 0) is 0 Å². The maximum atomic E-state index is 13.0. The van der Waals surface area contributed by atoms with Gasteiger partial charge in [-0.2, -0.15) is 4.57 Å². The minimum absolute atomic E-state index is 0.0234. The van der Waals surface area contributed by atoms with Crippen molar-refractivity contribution in [2.24, 2.45) is 0 Å². The van der Waals surface area contributed by atoms with Crippen LogP contribution < -0.4 is 9.88 Å². The molecule has 1 aromatic carbocycles. The summed E-state index contributed by atoms with van der Waals surface area (Å²) < 4.78 is 2.59. The molecule has 120 valence electrons. The number of benzene rings is 1. The number of aromatic nitrogens is 1. The molecule has 0 saturated heterocycles. The van der Waals surface area contributed by atoms with Crippen LogP contribution in [-0.2, 0) is 12.6 Å². The minimum atomic E-state index is -0.0234. The molecule has 0 spiro atoms. The van der Waals surface area contributed by atoms with Gasteiger partial charge in [-0.15, -0.1) is 6.58 Å². The summed E-state index contributed by atoms with van der Waals surface area (Å²) in [4.78, 5) is 13.6. The normalized spacial score (nSPS) is 10.3. The van der Waals surface area contributed by atoms with Gasteiger partial charge in [-0.3, -0.25) is 4.79 Å². The number of carbonyl (C=O) groups excluding carboxylic acids is 1. The Balaban J connectivity index is 2.16. The second-order valence-electron chi connectivity index (χ2n) is 5.09. The number of nitrogens with one attached hydrogen (secondary N) is 1. The Labute approximate surface area is 150 Å². The molecule has 0 fully saturated rings. The lowest BCUT2D eigenvalue weighted by Crippen LogP contribution is -2.31. The quantitative estimate of drug-likeness (QED) is 0.317. The minimum Gasteiger partial charge on any atom is -0.426 e. The van der Waals surface area contributed by atoms with Gasteiger partial charge in [0.1, 0.15) is 0 Å². The van der Waals surface area contributed by atoms with E-state index in [4.69, 9.17) is 12.6 Å². The van der Waals surface area contributed by atoms with E-state index in [1.54, 1.807) is 6.08 Å². The van der Waals surface area contributed by atoms with Crippen LogP contribution in [0.25, 0.3) is 5.69 Å². The zero-order chi connectivity index (χ0) is 16.9. The molecule has 0 aliphatic carbocycles. The number of pyridine rings is 1. The lowest BCUT2D eigenvalue weighted by Gasteiger charge is -2.07. The highest BCUT2D eigenvalue weighted by molar-refractivity contribution is 7.63. The molecule has 0 unspecified atom stereocenters. The number of ketones is 1. The first-order valence-corrected chi connectivity index (χ1v) is 8.70. The first-order chi connectivity index (χ1) is 11.7. The summed E-state index contributed by atoms with van der Waals surface area (Å²) in [5.41, 5.74) is 2.24. The van der Waals surface area contributed by atoms with E-state index in [-0.39, 0.29) is 5.78 Å². The molecule has 3 rings (SSSR count). The average Bonchev–Trinajstić information content (AvgIpc) is 2.97. The van der Waals surface area contributed by atoms with Crippen LogP contribution in [0, 0.1) is 0 Å². The van der Waals surface area contributed by atoms with E-state index >= 15 is 0 Å². The van der Waals surface area contributed by atoms with Crippen LogP contribution in [0.2, 0.25) is 0 Å². The molecule has 0 bridgehead atoms. The predicted octanol–water partition coefficient (Wildman–Crippen LogP) is 3.76. The fourth-order valence-electron chi connectivity index (χ4n) is 2.40. The molecule has 0 amide bonds. The molecule has 0 aliphatic rings. The maximum absolute atomic E-state index is 13.0. The van der Waals surface area contributed by atoms with Crippen molar-refractivity contribution >= 4 is 35.4 Å². The summed E-state index contributed by atoms with van der Waals surface area (Å²) in [6, 6.07) is 15.1. The molecule has 1 N–H and O–H groups in total. The molecule has 3 nitrogen and oxygen atoms in total. The summed E-state index contributed by atoms with van der Waals surface area (Å²) in [6.45, 7) is 4.31. The molecular formula is C19H16N2OS2. The topological polar surface area (TPSA) is 33.0 Å². The van der Waals surface area contributed by atoms with Crippen molar-refractivity contribution in [3.05, 3.63) is 84.0 Å². The number of hydrogen-bond donors (Lipinski definition) is 1. The van der Waals surface area contributed by atoms with Crippen molar-refractivity contribution in [2.75, 3.05) is 11.9 Å². The van der Waals surface area contributed by atoms with Crippen LogP contribution in [0.3, 0.4) is 0 Å². The summed E-state index contributed by atoms with van der Waals surface area (Å²) in [5, 5.41) is 3.27. The molecule has 0 aliphatic heterocycles. The van der Waals surface area contributed by atoms with E-state index in [0.717, 1.165) is 11.4 Å². The Kier molecular flexibility index (Phi) is 5.03. The third kappa shape index (κ3) is 3.22. The van der Waals surface area contributed by atoms with Crippen molar-refractivity contribution in [1.29, 1.82) is 0 Å². The SMILES string of the molecule is C=CCNc1c([S-])sc(C(=O)c2ccccc2)c1-[n+]1ccccc1. The van der Waals surface area contributed by atoms with Gasteiger partial charge in [0, 0.05) is 24.2 Å². The monoisotopic (exact) mass is 352 g/mol. The fraction of sp³-hybridized carbons (Fsp3) is 0.0526. The molecule has 5 heteroatoms. The summed E-state index contributed by atoms with van der Waals surface area (Å²) in [6.07, 6.45) is 5.60. The first kappa shape index (κ1) is 16.4. The predicted molar refractivity (Wildman–Crippen MR) is 100 cm³/mol. The van der Waals surface area contributed by atoms with E-state index in [1.165, 1.54) is 11.3 Å². The van der Waals surface area contributed by atoms with Crippen LogP contribution in [0.1, 0.15) is 15.2 Å². The highest BCUT2D eigenvalue weighted by atomic mass is 32.2. The van der Waals surface area contributed by atoms with Crippen molar-refractivity contribution < 1.29 is 9.36 Å². The standard InChI is InChI=1S/C19H16N2OS2/c1-2-11-20-15-16(21-12-7-4-8-13-21)18(24-19(15)23)17(22)14-9-5-3-6-10-14/h2-10,12-13,20H,1,11H2. The number of carbonyl (C=O) groups is 1. The Morgan fingerprint density at radius 3 is 2.50 bits per heavy atom. The first-order valence-electron chi connectivity index (χ1n) is 7.47. The number of anilines is 1. The molecule has 0 atom stereocenters. The number of thiophene rings is 1. The van der Waals surface area contributed by atoms with E-state index in [0.29, 0.717) is 21.2 Å². The summed E-state index contributed by atoms with van der Waals surface area (Å²) >= 11 is 6.84. The van der Waals surface area contributed by atoms with Crippen LogP contribution in [0.4, 0.5) is 5.69 Å². The van der Waals surface area contributed by atoms with E-state index in [2.05, 4.69) is 11.9 Å². The van der Waals surface area contributed by atoms with Crippen molar-refractivity contribution in [3.8, 4) is 5.69 Å². The third-order valence-electron chi connectivity index (χ3n) is 3.49. The Bertz CT molecular complexity index is 858. The molecule has 0 saturated carbocycles. The second-order valence-corrected chi connectivity index (χ2v) is 6.78. The third-order valence-corrected chi connectivity index (χ3v) is 4.92. The summed E-state index contributed by atoms with van der Waals surface area (Å²) in [5.74, 6) is -0.0234. The Morgan fingerprint density at radius 1 is 1.17 bits per heavy atom. The van der Waals surface area contributed by atoms with Crippen molar-refractivity contribution in [3.63, 3.8) is 0 Å². The van der Waals surface area contributed by atoms with Gasteiger partial charge in [0.15, 0.2) is 18.2 Å². The Hall–Kier alpha value is -2.50. The van der Waals surface area contributed by atoms with Crippen LogP contribution in [0.15, 0.2) is 77.8 Å². The highest BCUT2D eigenvalue weighted by Gasteiger charge is 2.23. The fourth-order valence-corrected chi connectivity index (χ4v) is 3.79. The largest absolute Gasteiger partial charge is 0.426 e. The van der Waals surface area contributed by atoms with Crippen LogP contribution >= 0.6 is 11.3 Å². The van der Waals surface area contributed by atoms with Crippen LogP contribution in [0.5, 0.6) is 0 Å². The lowest BCUT2D eigenvalue weighted by molar-refractivity contribution is -0.594. The van der Waals surface area contributed by atoms with Crippen molar-refractivity contribution in [2.45, 2.75) is 4.21 Å². The number of rotatable bonds is 6. The molecule has 2 heterocycles. The molecular weight excluding hydrogens is 336 g/mol. The zero-order valence-corrected chi connectivity index (χ0v) is 14.6. The van der Waals surface area contributed by atoms with Gasteiger partial charge in [0.2, 0.25) is 5.69 Å². The van der Waals surface area contributed by atoms with Gasteiger partial charge < -0.3 is 29.3 Å². The van der Waals surface area contributed by atoms with Gasteiger partial charge in [-0.1, -0.05) is 46.7 Å². The van der Waals surface area contributed by atoms with E-state index < -0.39 is 0 Å². The molecule has 24 heavy (non-hydrogen) atoms. The molecule has 2 aromatic heterocycles. The Morgan fingerprint density at radius 2 is 1.83 bits per heavy atom. The van der Waals surface area contributed by atoms with E-state index in [9.17, 15) is 4.79 Å². The second kappa shape index (κ2) is 7.38. The zero-order valence-electron chi connectivity index (χ0n) is 12.9. The van der Waals surface area contributed by atoms with E-state index in [1.807, 2.05) is 65.5 Å². The van der Waals surface area contributed by atoms with Crippen molar-refractivity contribution in [1.82, 2.24) is 0 Å². The molecule has 0 radical (unpaired) electrons. The summed E-state index contributed by atoms with van der Waals surface area (Å²) in [7, 11) is 0. The van der Waals surface area contributed by atoms with Gasteiger partial charge in [0.25, 0.3) is 0 Å². The molecule has 3 aromatic rings. The van der Waals surface area contributed by atoms with Gasteiger partial charge in [-0.25, -0.2) is 0 Å². The average molecular weight is 352 g/mol.